The predicted octanol–water partition coefficient (Wildman–Crippen LogP) is 3.17. The van der Waals surface area contributed by atoms with Crippen molar-refractivity contribution in [1.82, 2.24) is 5.32 Å². The Labute approximate surface area is 283 Å². The second-order valence-corrected chi connectivity index (χ2v) is 13.4. The lowest BCUT2D eigenvalue weighted by molar-refractivity contribution is -0.249. The fourth-order valence-electron chi connectivity index (χ4n) is 6.74. The fraction of sp³-hybridized carbons (Fsp3) is 0.382. The van der Waals surface area contributed by atoms with E-state index in [0.717, 1.165) is 5.56 Å². The number of aliphatic hydroxyl groups excluding tert-OH is 1. The molecule has 0 spiro atoms. The van der Waals surface area contributed by atoms with E-state index in [0.29, 0.717) is 10.1 Å². The van der Waals surface area contributed by atoms with Crippen LogP contribution in [0.3, 0.4) is 0 Å². The highest BCUT2D eigenvalue weighted by Crippen LogP contribution is 2.52. The molecule has 1 unspecified atom stereocenters. The van der Waals surface area contributed by atoms with E-state index in [9.17, 15) is 39.9 Å². The van der Waals surface area contributed by atoms with Gasteiger partial charge in [-0.15, -0.1) is 0 Å². The number of ketones is 3. The Balaban J connectivity index is 1.37. The number of hydrogen-bond donors (Lipinski definition) is 6. The van der Waals surface area contributed by atoms with Gasteiger partial charge in [-0.25, -0.2) is 0 Å². The van der Waals surface area contributed by atoms with Crippen LogP contribution in [-0.4, -0.2) is 80.1 Å². The monoisotopic (exact) mass is 759 g/mol. The third-order valence-electron chi connectivity index (χ3n) is 9.33. The summed E-state index contributed by atoms with van der Waals surface area (Å²) in [5.74, 6) is -3.07. The molecule has 1 saturated heterocycles. The largest absolute Gasteiger partial charge is 0.507 e. The van der Waals surface area contributed by atoms with Gasteiger partial charge in [0.05, 0.1) is 45.7 Å². The molecule has 47 heavy (non-hydrogen) atoms. The van der Waals surface area contributed by atoms with E-state index in [1.807, 2.05) is 28.7 Å². The molecule has 3 aromatic carbocycles. The number of phenols is 3. The first-order chi connectivity index (χ1) is 22.2. The number of rotatable bonds is 7. The zero-order chi connectivity index (χ0) is 33.9. The smallest absolute Gasteiger partial charge is 0.202 e. The third-order valence-corrected chi connectivity index (χ3v) is 10.2. The number of phenolic OH excluding ortho intramolecular Hbond substituents is 3. The van der Waals surface area contributed by atoms with Crippen LogP contribution in [0.5, 0.6) is 23.0 Å². The zero-order valence-electron chi connectivity index (χ0n) is 25.7. The molecule has 6 atom stereocenters. The van der Waals surface area contributed by atoms with Crippen LogP contribution in [0.4, 0.5) is 0 Å². The summed E-state index contributed by atoms with van der Waals surface area (Å²) >= 11 is 2.02. The van der Waals surface area contributed by atoms with Crippen molar-refractivity contribution >= 4 is 39.9 Å². The molecular formula is C34H34INO11. The number of halogens is 1. The molecule has 0 amide bonds. The molecule has 2 aliphatic carbocycles. The van der Waals surface area contributed by atoms with E-state index in [1.54, 1.807) is 19.1 Å². The molecule has 0 bridgehead atoms. The molecule has 1 aliphatic heterocycles. The molecular weight excluding hydrogens is 725 g/mol. The highest BCUT2D eigenvalue weighted by atomic mass is 127. The van der Waals surface area contributed by atoms with Gasteiger partial charge in [-0.3, -0.25) is 14.4 Å². The number of fused-ring (bicyclic) bond motifs is 3. The number of aliphatic hydroxyl groups is 2. The summed E-state index contributed by atoms with van der Waals surface area (Å²) in [6.07, 6.45) is -4.59. The molecule has 0 aromatic heterocycles. The lowest BCUT2D eigenvalue weighted by Crippen LogP contribution is -2.54. The average Bonchev–Trinajstić information content (AvgIpc) is 3.03. The Morgan fingerprint density at radius 1 is 1.09 bits per heavy atom. The van der Waals surface area contributed by atoms with Crippen molar-refractivity contribution in [3.8, 4) is 23.0 Å². The highest BCUT2D eigenvalue weighted by Gasteiger charge is 2.49. The zero-order valence-corrected chi connectivity index (χ0v) is 27.9. The Hall–Kier alpha value is -3.60. The van der Waals surface area contributed by atoms with Crippen molar-refractivity contribution in [1.29, 1.82) is 0 Å². The van der Waals surface area contributed by atoms with E-state index < -0.39 is 82.6 Å². The Kier molecular flexibility index (Phi) is 8.82. The molecule has 0 saturated carbocycles. The van der Waals surface area contributed by atoms with Crippen molar-refractivity contribution < 1.29 is 54.1 Å². The van der Waals surface area contributed by atoms with Crippen LogP contribution in [0, 0.1) is 3.57 Å². The van der Waals surface area contributed by atoms with Gasteiger partial charge < -0.3 is 45.1 Å². The van der Waals surface area contributed by atoms with Crippen molar-refractivity contribution in [3.05, 3.63) is 78.9 Å². The molecule has 0 radical (unpaired) electrons. The van der Waals surface area contributed by atoms with Crippen LogP contribution in [0.25, 0.3) is 0 Å². The number of methoxy groups -OCH3 is 1. The minimum Gasteiger partial charge on any atom is -0.507 e. The maximum Gasteiger partial charge on any atom is 0.202 e. The number of benzene rings is 3. The van der Waals surface area contributed by atoms with Crippen molar-refractivity contribution in [3.63, 3.8) is 0 Å². The van der Waals surface area contributed by atoms with Crippen LogP contribution in [0.2, 0.25) is 0 Å². The minimum absolute atomic E-state index is 0.0225. The normalized spacial score (nSPS) is 26.7. The molecule has 13 heteroatoms. The Morgan fingerprint density at radius 3 is 2.49 bits per heavy atom. The van der Waals surface area contributed by atoms with Crippen LogP contribution < -0.4 is 10.1 Å². The Morgan fingerprint density at radius 2 is 1.81 bits per heavy atom. The summed E-state index contributed by atoms with van der Waals surface area (Å²) in [4.78, 5) is 40.3. The quantitative estimate of drug-likeness (QED) is 0.119. The molecule has 6 N–H and O–H groups in total. The number of hydrogen-bond acceptors (Lipinski definition) is 12. The molecule has 3 aromatic rings. The SMILES string of the molecule is COc1cccc2c1C(=O)c1c(O)c3c(c(O)c1C2=O)C[C@@](O)(C(C)=O)C[C@@H]3O[C@H]1C[C@@H](NCc2ccc(O)c(I)c2)[C@H](O)C(C)O1. The van der Waals surface area contributed by atoms with Crippen molar-refractivity contribution in [2.75, 3.05) is 7.11 Å². The first-order valence-electron chi connectivity index (χ1n) is 15.1. The first-order valence-corrected chi connectivity index (χ1v) is 16.1. The predicted molar refractivity (Wildman–Crippen MR) is 174 cm³/mol. The lowest BCUT2D eigenvalue weighted by Gasteiger charge is -2.43. The maximum atomic E-state index is 13.9. The molecule has 248 valence electrons. The first kappa shape index (κ1) is 33.3. The minimum atomic E-state index is -2.04. The van der Waals surface area contributed by atoms with Crippen LogP contribution in [-0.2, 0) is 27.2 Å². The molecule has 1 heterocycles. The Bertz CT molecular complexity index is 1810. The van der Waals surface area contributed by atoms with E-state index in [1.165, 1.54) is 32.2 Å². The second-order valence-electron chi connectivity index (χ2n) is 12.2. The van der Waals surface area contributed by atoms with Gasteiger partial charge in [0.2, 0.25) is 5.78 Å². The van der Waals surface area contributed by atoms with Gasteiger partial charge in [-0.1, -0.05) is 18.2 Å². The number of Topliss-reactive ketones (excluding diaryl/α,β-unsaturated/α-hetero) is 1. The fourth-order valence-corrected chi connectivity index (χ4v) is 7.32. The van der Waals surface area contributed by atoms with E-state index in [-0.39, 0.29) is 46.6 Å². The van der Waals surface area contributed by atoms with Crippen LogP contribution in [0.15, 0.2) is 36.4 Å². The van der Waals surface area contributed by atoms with Crippen molar-refractivity contribution in [2.45, 2.75) is 75.9 Å². The standard InChI is InChI=1S/C34H34INO11/c1-14-29(39)20(36-13-16-7-8-21(38)19(35)9-16)10-24(46-14)47-23-12-34(44,15(2)37)11-18-26(23)33(43)28-27(31(18)41)30(40)17-5-4-6-22(45-3)25(17)32(28)42/h4-9,14,20,23-24,29,36,38-39,41,43-44H,10-13H2,1-3H3/t14?,20-,23+,24+,29-,34+/m1/s1. The van der Waals surface area contributed by atoms with E-state index in [4.69, 9.17) is 14.2 Å². The number of ether oxygens (including phenoxy) is 3. The van der Waals surface area contributed by atoms with Gasteiger partial charge >= 0.3 is 0 Å². The number of aromatic hydroxyl groups is 3. The maximum absolute atomic E-state index is 13.9. The molecule has 1 fully saturated rings. The van der Waals surface area contributed by atoms with Gasteiger partial charge in [0.15, 0.2) is 17.9 Å². The summed E-state index contributed by atoms with van der Waals surface area (Å²) in [7, 11) is 1.34. The second kappa shape index (κ2) is 12.5. The molecule has 12 nitrogen and oxygen atoms in total. The van der Waals surface area contributed by atoms with Gasteiger partial charge in [0.25, 0.3) is 0 Å². The van der Waals surface area contributed by atoms with Gasteiger partial charge in [0.1, 0.15) is 28.6 Å². The summed E-state index contributed by atoms with van der Waals surface area (Å²) in [6, 6.07) is 9.06. The van der Waals surface area contributed by atoms with Crippen LogP contribution in [0.1, 0.15) is 81.3 Å². The van der Waals surface area contributed by atoms with Gasteiger partial charge in [0, 0.05) is 48.5 Å². The van der Waals surface area contributed by atoms with Crippen molar-refractivity contribution in [2.24, 2.45) is 0 Å². The van der Waals surface area contributed by atoms with Crippen LogP contribution >= 0.6 is 22.6 Å². The molecule has 6 rings (SSSR count). The number of carbonyl (C=O) groups excluding carboxylic acids is 3. The third kappa shape index (κ3) is 5.68. The van der Waals surface area contributed by atoms with Gasteiger partial charge in [-0.05, 0) is 60.2 Å². The number of nitrogens with one attached hydrogen (secondary N) is 1. The summed E-state index contributed by atoms with van der Waals surface area (Å²) in [5.41, 5.74) is -2.26. The highest BCUT2D eigenvalue weighted by molar-refractivity contribution is 14.1. The van der Waals surface area contributed by atoms with E-state index >= 15 is 0 Å². The summed E-state index contributed by atoms with van der Waals surface area (Å²) in [5, 5.41) is 58.8. The van der Waals surface area contributed by atoms with E-state index in [2.05, 4.69) is 5.32 Å². The topological polar surface area (TPSA) is 192 Å². The average molecular weight is 760 g/mol. The van der Waals surface area contributed by atoms with Gasteiger partial charge in [-0.2, -0.15) is 0 Å². The summed E-state index contributed by atoms with van der Waals surface area (Å²) < 4.78 is 18.3. The molecule has 3 aliphatic rings. The summed E-state index contributed by atoms with van der Waals surface area (Å²) in [6.45, 7) is 3.21. The number of carbonyl (C=O) groups is 3. The lowest BCUT2D eigenvalue weighted by atomic mass is 9.72.